The summed E-state index contributed by atoms with van der Waals surface area (Å²) in [5.41, 5.74) is 0. The third-order valence-corrected chi connectivity index (χ3v) is 3.61. The molecule has 17 heavy (non-hydrogen) atoms. The highest BCUT2D eigenvalue weighted by molar-refractivity contribution is 14.1. The van der Waals surface area contributed by atoms with Gasteiger partial charge in [0.15, 0.2) is 0 Å². The molecule has 7 heteroatoms. The number of nitrogens with zero attached hydrogens (tertiary/aromatic N) is 5. The van der Waals surface area contributed by atoms with E-state index in [0.29, 0.717) is 17.5 Å². The Bertz CT molecular complexity index is 485. The summed E-state index contributed by atoms with van der Waals surface area (Å²) >= 11 is 8.07. The Hall–Kier alpha value is -0.630. The molecular formula is C10H13ClIN5. The van der Waals surface area contributed by atoms with E-state index in [1.165, 1.54) is 0 Å². The van der Waals surface area contributed by atoms with Gasteiger partial charge < -0.3 is 0 Å². The fraction of sp³-hybridized carbons (Fsp3) is 0.500. The standard InChI is InChI=1S/C10H13ClIN5/c1-7(2)3-17-9(13-6-14-17)5-16-4-8(11)10(12)15-16/h4,6-7H,3,5H2,1-2H3. The molecule has 2 aromatic heterocycles. The molecule has 0 N–H and O–H groups in total. The molecule has 0 saturated heterocycles. The van der Waals surface area contributed by atoms with Gasteiger partial charge in [0.1, 0.15) is 22.4 Å². The van der Waals surface area contributed by atoms with Gasteiger partial charge in [0.2, 0.25) is 0 Å². The summed E-state index contributed by atoms with van der Waals surface area (Å²) < 4.78 is 4.50. The summed E-state index contributed by atoms with van der Waals surface area (Å²) in [6, 6.07) is 0. The van der Waals surface area contributed by atoms with Gasteiger partial charge in [0.05, 0.1) is 5.02 Å². The van der Waals surface area contributed by atoms with Crippen LogP contribution in [0.25, 0.3) is 0 Å². The van der Waals surface area contributed by atoms with Crippen molar-refractivity contribution in [1.29, 1.82) is 0 Å². The van der Waals surface area contributed by atoms with Crippen molar-refractivity contribution in [3.63, 3.8) is 0 Å². The summed E-state index contributed by atoms with van der Waals surface area (Å²) in [5.74, 6) is 1.44. The number of rotatable bonds is 4. The van der Waals surface area contributed by atoms with Gasteiger partial charge in [-0.25, -0.2) is 9.67 Å². The molecule has 0 saturated carbocycles. The van der Waals surface area contributed by atoms with E-state index < -0.39 is 0 Å². The van der Waals surface area contributed by atoms with E-state index in [4.69, 9.17) is 11.6 Å². The van der Waals surface area contributed by atoms with E-state index in [0.717, 1.165) is 16.1 Å². The molecule has 0 aliphatic carbocycles. The molecule has 0 amide bonds. The van der Waals surface area contributed by atoms with E-state index in [2.05, 4.69) is 51.6 Å². The van der Waals surface area contributed by atoms with Gasteiger partial charge in [-0.2, -0.15) is 10.2 Å². The topological polar surface area (TPSA) is 48.5 Å². The van der Waals surface area contributed by atoms with E-state index in [-0.39, 0.29) is 0 Å². The zero-order valence-corrected chi connectivity index (χ0v) is 12.6. The molecular weight excluding hydrogens is 353 g/mol. The number of hydrogen-bond acceptors (Lipinski definition) is 3. The molecule has 0 aliphatic heterocycles. The molecule has 0 fully saturated rings. The molecule has 0 atom stereocenters. The maximum atomic E-state index is 5.96. The van der Waals surface area contributed by atoms with Gasteiger partial charge in [-0.15, -0.1) is 0 Å². The van der Waals surface area contributed by atoms with Crippen molar-refractivity contribution in [2.75, 3.05) is 0 Å². The summed E-state index contributed by atoms with van der Waals surface area (Å²) in [6.07, 6.45) is 3.38. The highest BCUT2D eigenvalue weighted by atomic mass is 127. The smallest absolute Gasteiger partial charge is 0.148 e. The molecule has 0 bridgehead atoms. The van der Waals surface area contributed by atoms with Crippen LogP contribution >= 0.6 is 34.2 Å². The molecule has 2 heterocycles. The first kappa shape index (κ1) is 12.8. The van der Waals surface area contributed by atoms with Crippen LogP contribution < -0.4 is 0 Å². The van der Waals surface area contributed by atoms with Crippen LogP contribution in [0.5, 0.6) is 0 Å². The summed E-state index contributed by atoms with van der Waals surface area (Å²) in [7, 11) is 0. The second-order valence-electron chi connectivity index (χ2n) is 4.22. The van der Waals surface area contributed by atoms with Crippen LogP contribution in [0.4, 0.5) is 0 Å². The normalized spacial score (nSPS) is 11.4. The maximum Gasteiger partial charge on any atom is 0.148 e. The lowest BCUT2D eigenvalue weighted by molar-refractivity contribution is 0.456. The number of halogens is 2. The minimum absolute atomic E-state index is 0.539. The Kier molecular flexibility index (Phi) is 4.03. The molecule has 0 radical (unpaired) electrons. The highest BCUT2D eigenvalue weighted by Crippen LogP contribution is 2.16. The van der Waals surface area contributed by atoms with Crippen molar-refractivity contribution in [1.82, 2.24) is 24.5 Å². The lowest BCUT2D eigenvalue weighted by Crippen LogP contribution is -2.13. The zero-order valence-electron chi connectivity index (χ0n) is 9.64. The van der Waals surface area contributed by atoms with E-state index in [1.54, 1.807) is 17.2 Å². The fourth-order valence-electron chi connectivity index (χ4n) is 1.51. The van der Waals surface area contributed by atoms with Crippen molar-refractivity contribution < 1.29 is 0 Å². The van der Waals surface area contributed by atoms with Crippen LogP contribution in [-0.4, -0.2) is 24.5 Å². The predicted molar refractivity (Wildman–Crippen MR) is 73.9 cm³/mol. The van der Waals surface area contributed by atoms with Crippen molar-refractivity contribution in [2.24, 2.45) is 5.92 Å². The monoisotopic (exact) mass is 365 g/mol. The van der Waals surface area contributed by atoms with Crippen LogP contribution in [0.1, 0.15) is 19.7 Å². The Balaban J connectivity index is 2.15. The van der Waals surface area contributed by atoms with E-state index in [1.807, 2.05) is 4.68 Å². The van der Waals surface area contributed by atoms with Gasteiger partial charge >= 0.3 is 0 Å². The second-order valence-corrected chi connectivity index (χ2v) is 5.65. The summed E-state index contributed by atoms with van der Waals surface area (Å²) in [6.45, 7) is 5.76. The SMILES string of the molecule is CC(C)Cn1ncnc1Cn1cc(Cl)c(I)n1. The lowest BCUT2D eigenvalue weighted by atomic mass is 10.2. The fourth-order valence-corrected chi connectivity index (χ4v) is 2.08. The predicted octanol–water partition coefficient (Wildman–Crippen LogP) is 2.44. The molecule has 0 unspecified atom stereocenters. The second kappa shape index (κ2) is 5.34. The zero-order chi connectivity index (χ0) is 12.4. The molecule has 0 spiro atoms. The third kappa shape index (κ3) is 3.19. The van der Waals surface area contributed by atoms with Gasteiger partial charge in [-0.3, -0.25) is 4.68 Å². The first-order valence-electron chi connectivity index (χ1n) is 5.31. The maximum absolute atomic E-state index is 5.96. The summed E-state index contributed by atoms with van der Waals surface area (Å²) in [4.78, 5) is 4.25. The average molecular weight is 366 g/mol. The minimum atomic E-state index is 0.539. The van der Waals surface area contributed by atoms with Crippen molar-refractivity contribution in [2.45, 2.75) is 26.9 Å². The van der Waals surface area contributed by atoms with Crippen LogP contribution in [0.2, 0.25) is 5.02 Å². The minimum Gasteiger partial charge on any atom is -0.262 e. The van der Waals surface area contributed by atoms with Crippen LogP contribution in [-0.2, 0) is 13.1 Å². The molecule has 0 aromatic carbocycles. The first-order chi connectivity index (χ1) is 8.06. The molecule has 2 rings (SSSR count). The van der Waals surface area contributed by atoms with E-state index >= 15 is 0 Å². The third-order valence-electron chi connectivity index (χ3n) is 2.21. The lowest BCUT2D eigenvalue weighted by Gasteiger charge is -2.08. The Morgan fingerprint density at radius 2 is 2.24 bits per heavy atom. The molecule has 92 valence electrons. The van der Waals surface area contributed by atoms with Crippen LogP contribution in [0.15, 0.2) is 12.5 Å². The average Bonchev–Trinajstić information content (AvgIpc) is 2.76. The van der Waals surface area contributed by atoms with Crippen LogP contribution in [0.3, 0.4) is 0 Å². The largest absolute Gasteiger partial charge is 0.262 e. The van der Waals surface area contributed by atoms with Gasteiger partial charge in [0, 0.05) is 12.7 Å². The van der Waals surface area contributed by atoms with Gasteiger partial charge in [-0.05, 0) is 28.5 Å². The first-order valence-corrected chi connectivity index (χ1v) is 6.77. The van der Waals surface area contributed by atoms with Gasteiger partial charge in [0.25, 0.3) is 0 Å². The Labute approximate surface area is 118 Å². The highest BCUT2D eigenvalue weighted by Gasteiger charge is 2.09. The van der Waals surface area contributed by atoms with Crippen LogP contribution in [0, 0.1) is 9.62 Å². The number of aromatic nitrogens is 5. The number of hydrogen-bond donors (Lipinski definition) is 0. The summed E-state index contributed by atoms with van der Waals surface area (Å²) in [5, 5.41) is 9.17. The Morgan fingerprint density at radius 1 is 1.47 bits per heavy atom. The molecule has 2 aromatic rings. The van der Waals surface area contributed by atoms with E-state index in [9.17, 15) is 0 Å². The van der Waals surface area contributed by atoms with Crippen molar-refractivity contribution in [3.05, 3.63) is 27.1 Å². The quantitative estimate of drug-likeness (QED) is 0.782. The van der Waals surface area contributed by atoms with Gasteiger partial charge in [-0.1, -0.05) is 25.4 Å². The van der Waals surface area contributed by atoms with Crippen molar-refractivity contribution >= 4 is 34.2 Å². The molecule has 0 aliphatic rings. The molecule has 5 nitrogen and oxygen atoms in total. The van der Waals surface area contributed by atoms with Crippen molar-refractivity contribution in [3.8, 4) is 0 Å². The Morgan fingerprint density at radius 3 is 2.82 bits per heavy atom.